The third kappa shape index (κ3) is 3.20. The summed E-state index contributed by atoms with van der Waals surface area (Å²) in [7, 11) is 0. The maximum absolute atomic E-state index is 9.74. The van der Waals surface area contributed by atoms with E-state index in [2.05, 4.69) is 9.26 Å². The molecule has 0 radical (unpaired) electrons. The Labute approximate surface area is 82.1 Å². The van der Waals surface area contributed by atoms with Crippen LogP contribution < -0.4 is 0 Å². The molecule has 1 aromatic carbocycles. The molecule has 0 saturated heterocycles. The van der Waals surface area contributed by atoms with E-state index in [1.807, 2.05) is 30.3 Å². The quantitative estimate of drug-likeness (QED) is 0.822. The molecular weight excluding hydrogens is 345 g/mol. The molecule has 0 aromatic heterocycles. The second kappa shape index (κ2) is 4.94. The summed E-state index contributed by atoms with van der Waals surface area (Å²) in [6, 6.07) is 9.94. The number of hydrogen-bond donors (Lipinski definition) is 1. The van der Waals surface area contributed by atoms with Crippen LogP contribution in [0.15, 0.2) is 30.3 Å². The zero-order valence-electron chi connectivity index (χ0n) is 7.57. The SMILES string of the molecule is [CH3][Bi]([CH3])[CH2]C(O)c1ccccc1. The molecular formula is C10H15BiO. The van der Waals surface area contributed by atoms with E-state index in [1.54, 1.807) is 0 Å². The van der Waals surface area contributed by atoms with Crippen molar-refractivity contribution in [3.8, 4) is 0 Å². The molecule has 1 unspecified atom stereocenters. The van der Waals surface area contributed by atoms with Crippen molar-refractivity contribution in [1.29, 1.82) is 0 Å². The first kappa shape index (κ1) is 10.1. The Morgan fingerprint density at radius 1 is 1.25 bits per heavy atom. The minimum absolute atomic E-state index is 0.209. The fourth-order valence-corrected chi connectivity index (χ4v) is 4.64. The van der Waals surface area contributed by atoms with Crippen molar-refractivity contribution in [3.63, 3.8) is 0 Å². The monoisotopic (exact) mass is 360 g/mol. The van der Waals surface area contributed by atoms with Gasteiger partial charge in [-0.25, -0.2) is 0 Å². The molecule has 0 heterocycles. The van der Waals surface area contributed by atoms with Crippen LogP contribution in [0.25, 0.3) is 0 Å². The number of aliphatic hydroxyl groups is 1. The number of hydrogen-bond acceptors (Lipinski definition) is 1. The summed E-state index contributed by atoms with van der Waals surface area (Å²) in [4.78, 5) is 0. The van der Waals surface area contributed by atoms with Crippen molar-refractivity contribution >= 4 is 21.8 Å². The van der Waals surface area contributed by atoms with E-state index in [0.29, 0.717) is 0 Å². The summed E-state index contributed by atoms with van der Waals surface area (Å²) in [5, 5.41) is 9.74. The first-order chi connectivity index (χ1) is 5.70. The third-order valence-electron chi connectivity index (χ3n) is 1.72. The van der Waals surface area contributed by atoms with Crippen LogP contribution in [-0.4, -0.2) is 26.9 Å². The van der Waals surface area contributed by atoms with Gasteiger partial charge in [0.2, 0.25) is 0 Å². The molecule has 2 heteroatoms. The Kier molecular flexibility index (Phi) is 4.17. The maximum atomic E-state index is 9.74. The van der Waals surface area contributed by atoms with Gasteiger partial charge in [0, 0.05) is 0 Å². The van der Waals surface area contributed by atoms with Gasteiger partial charge in [-0.15, -0.1) is 0 Å². The van der Waals surface area contributed by atoms with Crippen LogP contribution in [0.2, 0.25) is 13.4 Å². The van der Waals surface area contributed by atoms with Gasteiger partial charge in [-0.1, -0.05) is 0 Å². The fraction of sp³-hybridized carbons (Fsp3) is 0.400. The predicted octanol–water partition coefficient (Wildman–Crippen LogP) is 2.47. The van der Waals surface area contributed by atoms with Gasteiger partial charge in [-0.3, -0.25) is 0 Å². The normalized spacial score (nSPS) is 13.3. The topological polar surface area (TPSA) is 20.2 Å². The summed E-state index contributed by atoms with van der Waals surface area (Å²) >= 11 is -1.20. The van der Waals surface area contributed by atoms with Gasteiger partial charge in [0.15, 0.2) is 0 Å². The molecule has 1 rings (SSSR count). The van der Waals surface area contributed by atoms with E-state index in [-0.39, 0.29) is 6.10 Å². The average Bonchev–Trinajstić information content (AvgIpc) is 2.05. The van der Waals surface area contributed by atoms with Gasteiger partial charge in [0.05, 0.1) is 0 Å². The zero-order chi connectivity index (χ0) is 8.97. The molecule has 0 aliphatic carbocycles. The molecule has 1 atom stereocenters. The van der Waals surface area contributed by atoms with Gasteiger partial charge in [-0.05, 0) is 0 Å². The summed E-state index contributed by atoms with van der Waals surface area (Å²) < 4.78 is 5.68. The molecule has 1 N–H and O–H groups in total. The van der Waals surface area contributed by atoms with Crippen molar-refractivity contribution in [2.24, 2.45) is 0 Å². The number of aliphatic hydroxyl groups excluding tert-OH is 1. The molecule has 1 aromatic rings. The molecule has 0 aliphatic rings. The van der Waals surface area contributed by atoms with E-state index in [1.165, 1.54) is 0 Å². The Morgan fingerprint density at radius 3 is 2.33 bits per heavy atom. The Balaban J connectivity index is 2.59. The van der Waals surface area contributed by atoms with E-state index in [0.717, 1.165) is 9.69 Å². The summed E-state index contributed by atoms with van der Waals surface area (Å²) in [5.41, 5.74) is 1.07. The van der Waals surface area contributed by atoms with E-state index in [4.69, 9.17) is 0 Å². The van der Waals surface area contributed by atoms with Gasteiger partial charge in [0.1, 0.15) is 0 Å². The molecule has 12 heavy (non-hydrogen) atoms. The zero-order valence-corrected chi connectivity index (χ0v) is 11.0. The van der Waals surface area contributed by atoms with Crippen LogP contribution in [0.1, 0.15) is 11.7 Å². The van der Waals surface area contributed by atoms with Crippen molar-refractivity contribution in [3.05, 3.63) is 35.9 Å². The second-order valence-corrected chi connectivity index (χ2v) is 13.0. The van der Waals surface area contributed by atoms with E-state index in [9.17, 15) is 5.11 Å². The molecule has 0 bridgehead atoms. The molecule has 0 amide bonds. The summed E-state index contributed by atoms with van der Waals surface area (Å²) in [6.07, 6.45) is -0.209. The van der Waals surface area contributed by atoms with Crippen molar-refractivity contribution in [2.45, 2.75) is 19.5 Å². The van der Waals surface area contributed by atoms with Crippen LogP contribution in [-0.2, 0) is 0 Å². The van der Waals surface area contributed by atoms with Crippen LogP contribution in [0.4, 0.5) is 0 Å². The summed E-state index contributed by atoms with van der Waals surface area (Å²) in [5.74, 6) is 0. The predicted molar refractivity (Wildman–Crippen MR) is 53.7 cm³/mol. The Hall–Kier alpha value is 0.0631. The molecule has 66 valence electrons. The fourth-order valence-electron chi connectivity index (χ4n) is 1.13. The van der Waals surface area contributed by atoms with Crippen molar-refractivity contribution in [1.82, 2.24) is 0 Å². The third-order valence-corrected chi connectivity index (χ3v) is 5.91. The van der Waals surface area contributed by atoms with Gasteiger partial charge in [-0.2, -0.15) is 0 Å². The van der Waals surface area contributed by atoms with Crippen LogP contribution in [0, 0.1) is 0 Å². The summed E-state index contributed by atoms with van der Waals surface area (Å²) in [6.45, 7) is 0. The van der Waals surface area contributed by atoms with E-state index < -0.39 is 21.8 Å². The standard InChI is InChI=1S/C8H9O.2CH3.Bi/c1-7(9)8-5-3-2-4-6-8;;;/h2-7,9H,1H2;2*1H3;. The molecule has 0 aliphatic heterocycles. The molecule has 0 saturated carbocycles. The van der Waals surface area contributed by atoms with E-state index >= 15 is 0 Å². The first-order valence-electron chi connectivity index (χ1n) is 4.08. The van der Waals surface area contributed by atoms with Gasteiger partial charge >= 0.3 is 82.2 Å². The Bertz CT molecular complexity index is 221. The van der Waals surface area contributed by atoms with Crippen LogP contribution >= 0.6 is 0 Å². The molecule has 1 nitrogen and oxygen atoms in total. The van der Waals surface area contributed by atoms with Crippen LogP contribution in [0.3, 0.4) is 0 Å². The number of benzene rings is 1. The minimum atomic E-state index is -1.20. The Morgan fingerprint density at radius 2 is 1.83 bits per heavy atom. The second-order valence-electron chi connectivity index (χ2n) is 3.19. The molecule has 0 fully saturated rings. The van der Waals surface area contributed by atoms with Crippen molar-refractivity contribution < 1.29 is 5.11 Å². The average molecular weight is 360 g/mol. The number of rotatable bonds is 3. The van der Waals surface area contributed by atoms with Gasteiger partial charge in [0.25, 0.3) is 0 Å². The first-order valence-corrected chi connectivity index (χ1v) is 13.5. The van der Waals surface area contributed by atoms with Gasteiger partial charge < -0.3 is 0 Å². The molecule has 0 spiro atoms. The van der Waals surface area contributed by atoms with Crippen molar-refractivity contribution in [2.75, 3.05) is 0 Å². The van der Waals surface area contributed by atoms with Crippen LogP contribution in [0.5, 0.6) is 0 Å².